The Morgan fingerprint density at radius 1 is 1.40 bits per heavy atom. The van der Waals surface area contributed by atoms with Gasteiger partial charge in [0.05, 0.1) is 22.3 Å². The number of hydrogen-bond acceptors (Lipinski definition) is 3. The van der Waals surface area contributed by atoms with Gasteiger partial charge in [-0.15, -0.1) is 0 Å². The number of aromatic nitrogens is 3. The van der Waals surface area contributed by atoms with E-state index in [1.807, 2.05) is 29.8 Å². The fourth-order valence-corrected chi connectivity index (χ4v) is 3.57. The highest BCUT2D eigenvalue weighted by atomic mass is 79.9. The van der Waals surface area contributed by atoms with Gasteiger partial charge >= 0.3 is 0 Å². The number of hydrogen-bond donors (Lipinski definition) is 1. The van der Waals surface area contributed by atoms with Gasteiger partial charge in [0.1, 0.15) is 0 Å². The largest absolute Gasteiger partial charge is 0.388 e. The number of nitrogens with zero attached hydrogens (tertiary/aromatic N) is 3. The van der Waals surface area contributed by atoms with Crippen LogP contribution in [0, 0.1) is 12.3 Å². The molecular weight excluding hydrogens is 318 g/mol. The monoisotopic (exact) mass is 335 g/mol. The van der Waals surface area contributed by atoms with Crippen molar-refractivity contribution < 1.29 is 5.11 Å². The predicted molar refractivity (Wildman–Crippen MR) is 81.1 cm³/mol. The molecule has 0 bridgehead atoms. The number of pyridine rings is 1. The Labute approximate surface area is 127 Å². The van der Waals surface area contributed by atoms with Crippen molar-refractivity contribution in [3.05, 3.63) is 41.3 Å². The first kappa shape index (κ1) is 13.8. The molecule has 2 heterocycles. The van der Waals surface area contributed by atoms with Crippen LogP contribution in [0.4, 0.5) is 0 Å². The summed E-state index contributed by atoms with van der Waals surface area (Å²) in [4.78, 5) is 4.51. The summed E-state index contributed by atoms with van der Waals surface area (Å²) < 4.78 is 1.86. The molecule has 0 spiro atoms. The van der Waals surface area contributed by atoms with Crippen molar-refractivity contribution in [3.63, 3.8) is 0 Å². The molecule has 4 nitrogen and oxygen atoms in total. The van der Waals surface area contributed by atoms with E-state index in [2.05, 4.69) is 39.9 Å². The van der Waals surface area contributed by atoms with Crippen molar-refractivity contribution in [2.24, 2.45) is 5.41 Å². The van der Waals surface area contributed by atoms with Gasteiger partial charge in [-0.25, -0.2) is 9.67 Å². The molecule has 2 aromatic rings. The zero-order valence-electron chi connectivity index (χ0n) is 11.8. The fourth-order valence-electron chi connectivity index (χ4n) is 2.94. The number of aliphatic hydroxyl groups is 1. The van der Waals surface area contributed by atoms with E-state index in [1.54, 1.807) is 6.20 Å². The minimum absolute atomic E-state index is 0.0363. The van der Waals surface area contributed by atoms with Gasteiger partial charge in [0.25, 0.3) is 0 Å². The number of alkyl halides is 1. The van der Waals surface area contributed by atoms with E-state index in [0.29, 0.717) is 0 Å². The average Bonchev–Trinajstić information content (AvgIpc) is 2.75. The highest BCUT2D eigenvalue weighted by Crippen LogP contribution is 2.53. The Bertz CT molecular complexity index is 636. The van der Waals surface area contributed by atoms with Gasteiger partial charge in [0, 0.05) is 11.8 Å². The molecule has 2 aromatic heterocycles. The lowest BCUT2D eigenvalue weighted by molar-refractivity contribution is 0.0974. The minimum atomic E-state index is -0.466. The van der Waals surface area contributed by atoms with Gasteiger partial charge in [0.15, 0.2) is 5.82 Å². The van der Waals surface area contributed by atoms with Crippen molar-refractivity contribution in [2.75, 3.05) is 0 Å². The van der Waals surface area contributed by atoms with Crippen molar-refractivity contribution in [1.82, 2.24) is 14.8 Å². The van der Waals surface area contributed by atoms with Gasteiger partial charge in [-0.3, -0.25) is 0 Å². The van der Waals surface area contributed by atoms with Crippen LogP contribution in [0.15, 0.2) is 24.4 Å². The quantitative estimate of drug-likeness (QED) is 0.811. The maximum absolute atomic E-state index is 10.5. The highest BCUT2D eigenvalue weighted by molar-refractivity contribution is 9.09. The summed E-state index contributed by atoms with van der Waals surface area (Å²) in [6.07, 6.45) is 2.02. The van der Waals surface area contributed by atoms with Crippen molar-refractivity contribution in [3.8, 4) is 5.82 Å². The molecule has 3 rings (SSSR count). The second-order valence-corrected chi connectivity index (χ2v) is 6.97. The van der Waals surface area contributed by atoms with E-state index < -0.39 is 6.10 Å². The van der Waals surface area contributed by atoms with E-state index in [1.165, 1.54) is 0 Å². The van der Waals surface area contributed by atoms with Crippen LogP contribution in [0.3, 0.4) is 0 Å². The van der Waals surface area contributed by atoms with Crippen LogP contribution in [0.25, 0.3) is 5.82 Å². The lowest BCUT2D eigenvalue weighted by Crippen LogP contribution is -2.29. The maximum atomic E-state index is 10.5. The predicted octanol–water partition coefficient (Wildman–Crippen LogP) is 3.48. The second kappa shape index (κ2) is 4.67. The highest BCUT2D eigenvalue weighted by Gasteiger charge is 2.42. The molecule has 20 heavy (non-hydrogen) atoms. The summed E-state index contributed by atoms with van der Waals surface area (Å²) >= 11 is 3.80. The van der Waals surface area contributed by atoms with Crippen LogP contribution in [0.1, 0.15) is 48.2 Å². The van der Waals surface area contributed by atoms with Crippen molar-refractivity contribution in [1.29, 1.82) is 0 Å². The number of halogens is 1. The molecule has 2 unspecified atom stereocenters. The average molecular weight is 336 g/mol. The molecular formula is C15H18BrN3O. The summed E-state index contributed by atoms with van der Waals surface area (Å²) in [5, 5.41) is 15.1. The molecule has 1 N–H and O–H groups in total. The second-order valence-electron chi connectivity index (χ2n) is 6.06. The molecule has 106 valence electrons. The van der Waals surface area contributed by atoms with Crippen LogP contribution < -0.4 is 0 Å². The molecule has 0 fully saturated rings. The number of rotatable bonds is 1. The molecule has 2 atom stereocenters. The third-order valence-corrected chi connectivity index (χ3v) is 5.66. The smallest absolute Gasteiger partial charge is 0.153 e. The van der Waals surface area contributed by atoms with Crippen LogP contribution in [-0.4, -0.2) is 19.9 Å². The summed E-state index contributed by atoms with van der Waals surface area (Å²) in [5.74, 6) is 0.784. The standard InChI is InChI=1S/C15H18BrN3O/c1-9-12-10(20)8-15(2,3)14(16)13(12)19(18-9)11-6-4-5-7-17-11/h4-7,10,14,20H,8H2,1-3H3. The third kappa shape index (κ3) is 2.00. The van der Waals surface area contributed by atoms with E-state index in [-0.39, 0.29) is 10.2 Å². The van der Waals surface area contributed by atoms with E-state index in [4.69, 9.17) is 0 Å². The Hall–Kier alpha value is -1.20. The van der Waals surface area contributed by atoms with Crippen molar-refractivity contribution in [2.45, 2.75) is 38.1 Å². The van der Waals surface area contributed by atoms with Gasteiger partial charge in [-0.05, 0) is 30.9 Å². The van der Waals surface area contributed by atoms with E-state index in [0.717, 1.165) is 29.2 Å². The van der Waals surface area contributed by atoms with Crippen LogP contribution in [-0.2, 0) is 0 Å². The third-order valence-electron chi connectivity index (χ3n) is 3.99. The molecule has 0 saturated carbocycles. The van der Waals surface area contributed by atoms with E-state index in [9.17, 15) is 5.11 Å². The van der Waals surface area contributed by atoms with Gasteiger partial charge in [-0.1, -0.05) is 35.8 Å². The first-order chi connectivity index (χ1) is 9.42. The van der Waals surface area contributed by atoms with Gasteiger partial charge < -0.3 is 5.11 Å². The Balaban J connectivity index is 2.24. The first-order valence-electron chi connectivity index (χ1n) is 6.75. The topological polar surface area (TPSA) is 50.9 Å². The summed E-state index contributed by atoms with van der Waals surface area (Å²) in [6, 6.07) is 5.76. The molecule has 0 aliphatic heterocycles. The minimum Gasteiger partial charge on any atom is -0.388 e. The summed E-state index contributed by atoms with van der Waals surface area (Å²) in [7, 11) is 0. The Morgan fingerprint density at radius 3 is 2.80 bits per heavy atom. The number of fused-ring (bicyclic) bond motifs is 1. The SMILES string of the molecule is Cc1nn(-c2ccccn2)c2c1C(O)CC(C)(C)C2Br. The lowest BCUT2D eigenvalue weighted by atomic mass is 9.74. The van der Waals surface area contributed by atoms with Gasteiger partial charge in [-0.2, -0.15) is 5.10 Å². The van der Waals surface area contributed by atoms with Crippen LogP contribution in [0.2, 0.25) is 0 Å². The molecule has 0 radical (unpaired) electrons. The number of aryl methyl sites for hydroxylation is 1. The zero-order valence-corrected chi connectivity index (χ0v) is 13.4. The van der Waals surface area contributed by atoms with Crippen LogP contribution in [0.5, 0.6) is 0 Å². The molecule has 1 aliphatic carbocycles. The first-order valence-corrected chi connectivity index (χ1v) is 7.66. The van der Waals surface area contributed by atoms with E-state index >= 15 is 0 Å². The molecule has 0 saturated heterocycles. The lowest BCUT2D eigenvalue weighted by Gasteiger charge is -2.38. The molecule has 5 heteroatoms. The van der Waals surface area contributed by atoms with Crippen LogP contribution >= 0.6 is 15.9 Å². The van der Waals surface area contributed by atoms with Crippen molar-refractivity contribution >= 4 is 15.9 Å². The summed E-state index contributed by atoms with van der Waals surface area (Å²) in [5.41, 5.74) is 2.80. The normalized spacial score (nSPS) is 24.4. The molecule has 0 amide bonds. The molecule has 1 aliphatic rings. The Kier molecular flexibility index (Phi) is 3.21. The summed E-state index contributed by atoms with van der Waals surface area (Å²) in [6.45, 7) is 6.26. The number of aliphatic hydroxyl groups excluding tert-OH is 1. The molecule has 0 aromatic carbocycles. The fraction of sp³-hybridized carbons (Fsp3) is 0.467. The Morgan fingerprint density at radius 2 is 2.15 bits per heavy atom. The maximum Gasteiger partial charge on any atom is 0.153 e. The zero-order chi connectivity index (χ0) is 14.5. The van der Waals surface area contributed by atoms with Gasteiger partial charge in [0.2, 0.25) is 0 Å².